The fraction of sp³-hybridized carbons (Fsp3) is 0.152. The molecule has 0 unspecified atom stereocenters. The third-order valence-corrected chi connectivity index (χ3v) is 25.3. The van der Waals surface area contributed by atoms with Gasteiger partial charge in [0, 0.05) is 174 Å². The van der Waals surface area contributed by atoms with Crippen molar-refractivity contribution >= 4 is 216 Å². The van der Waals surface area contributed by atoms with Crippen LogP contribution in [0.25, 0.3) is 145 Å². The normalized spacial score (nSPS) is 12.4. The van der Waals surface area contributed by atoms with Crippen LogP contribution >= 0.6 is 90.7 Å². The molecule has 0 aliphatic carbocycles. The van der Waals surface area contributed by atoms with E-state index in [4.69, 9.17) is 0 Å². The maximum Gasteiger partial charge on any atom is 0.195 e. The van der Waals surface area contributed by atoms with Crippen molar-refractivity contribution in [1.82, 2.24) is 0 Å². The standard InChI is InChI=1S/C28H18O2S4.C20H14O2S2.C18H10O2S2/c1-11-5-7-17(31-11)19-9-15-25(29)21-14(4)24-22(13(3)23(21)27(15)33-19)26(30)16-10-20(34-28(16)24)18-8-6-12(2)32-18;1-7-5-11-17(21)13-10(4)16-14(9(3)15(13)19(11)23-7)18(22)12-6-8(2)24-20(12)16;1-7-3-13-15(19)9-6-12-10(5-11(9)17(13)21-7)16(20)14-4-8(2)22-18(12)14/h5-10H,1-4H3;5-6H,1-4H3;3-6H,1-2H3. The van der Waals surface area contributed by atoms with Crippen LogP contribution in [0.5, 0.6) is 0 Å². The van der Waals surface area contributed by atoms with Crippen molar-refractivity contribution < 1.29 is 0 Å². The lowest BCUT2D eigenvalue weighted by atomic mass is 9.99. The first-order chi connectivity index (χ1) is 38.3. The Kier molecular flexibility index (Phi) is 10.9. The molecule has 14 heteroatoms. The van der Waals surface area contributed by atoms with E-state index in [0.717, 1.165) is 177 Å². The van der Waals surface area contributed by atoms with Crippen molar-refractivity contribution in [3.05, 3.63) is 186 Å². The van der Waals surface area contributed by atoms with Crippen LogP contribution in [0.15, 0.2) is 102 Å². The van der Waals surface area contributed by atoms with Gasteiger partial charge >= 0.3 is 0 Å². The SMILES string of the molecule is Cc1cc2c(=O)c3c(C)c4c(c(C)c3c2s1)c(=O)c1cc(C)sc14.Cc1cc2c(=O)c3cc4c(cc3c2s1)c(=O)c1cc(C)sc14.Cc1ccc(-c2cc3c(=O)c4c(C)c5c(c(C)c4c3s2)c(=O)c2cc(-c3ccc(C)s3)sc25)s1. The second kappa shape index (κ2) is 17.4. The van der Waals surface area contributed by atoms with Gasteiger partial charge in [-0.15, -0.1) is 90.7 Å². The lowest BCUT2D eigenvalue weighted by Crippen LogP contribution is -2.00. The fourth-order valence-corrected chi connectivity index (χ4v) is 21.6. The molecule has 9 aromatic carbocycles. The van der Waals surface area contributed by atoms with Crippen molar-refractivity contribution in [1.29, 1.82) is 0 Å². The summed E-state index contributed by atoms with van der Waals surface area (Å²) in [6.07, 6.45) is 0. The van der Waals surface area contributed by atoms with Crippen LogP contribution < -0.4 is 32.6 Å². The summed E-state index contributed by atoms with van der Waals surface area (Å²) in [7, 11) is 0. The largest absolute Gasteiger partial charge is 0.289 e. The Morgan fingerprint density at radius 1 is 0.212 bits per heavy atom. The minimum Gasteiger partial charge on any atom is -0.289 e. The molecule has 8 aromatic heterocycles. The summed E-state index contributed by atoms with van der Waals surface area (Å²) in [6, 6.07) is 24.3. The molecule has 0 fully saturated rings. The highest BCUT2D eigenvalue weighted by Crippen LogP contribution is 2.48. The molecule has 0 aliphatic rings. The van der Waals surface area contributed by atoms with E-state index in [9.17, 15) is 28.8 Å². The minimum atomic E-state index is 0.0892. The molecule has 17 aromatic rings. The van der Waals surface area contributed by atoms with Crippen LogP contribution in [-0.2, 0) is 0 Å². The molecular formula is C66H42O6S8. The quantitative estimate of drug-likeness (QED) is 0.171. The second-order valence-corrected chi connectivity index (χ2v) is 31.1. The number of thiophene rings is 8. The third-order valence-electron chi connectivity index (χ3n) is 16.3. The average molecular weight is 1190 g/mol. The Bertz CT molecular complexity index is 5570. The maximum absolute atomic E-state index is 13.7. The molecule has 80 heavy (non-hydrogen) atoms. The topological polar surface area (TPSA) is 102 Å². The van der Waals surface area contributed by atoms with Gasteiger partial charge in [-0.25, -0.2) is 0 Å². The summed E-state index contributed by atoms with van der Waals surface area (Å²) in [5, 5.41) is 15.2. The van der Waals surface area contributed by atoms with E-state index in [-0.39, 0.29) is 32.6 Å². The predicted molar refractivity (Wildman–Crippen MR) is 355 cm³/mol. The van der Waals surface area contributed by atoms with Gasteiger partial charge in [0.25, 0.3) is 0 Å². The predicted octanol–water partition coefficient (Wildman–Crippen LogP) is 18.6. The molecule has 0 radical (unpaired) electrons. The zero-order valence-electron chi connectivity index (χ0n) is 44.6. The monoisotopic (exact) mass is 1190 g/mol. The van der Waals surface area contributed by atoms with Crippen LogP contribution in [0.4, 0.5) is 0 Å². The zero-order valence-corrected chi connectivity index (χ0v) is 51.2. The Morgan fingerprint density at radius 2 is 0.487 bits per heavy atom. The van der Waals surface area contributed by atoms with Crippen molar-refractivity contribution in [3.63, 3.8) is 0 Å². The van der Waals surface area contributed by atoms with E-state index in [0.29, 0.717) is 0 Å². The molecule has 0 atom stereocenters. The lowest BCUT2D eigenvalue weighted by Gasteiger charge is -2.05. The van der Waals surface area contributed by atoms with Gasteiger partial charge < -0.3 is 0 Å². The average Bonchev–Trinajstić information content (AvgIpc) is 4.29. The lowest BCUT2D eigenvalue weighted by molar-refractivity contribution is 1.55. The molecule has 390 valence electrons. The molecule has 6 nitrogen and oxygen atoms in total. The number of hydrogen-bond donors (Lipinski definition) is 0. The summed E-state index contributed by atoms with van der Waals surface area (Å²) in [5.74, 6) is 0. The van der Waals surface area contributed by atoms with E-state index < -0.39 is 0 Å². The summed E-state index contributed by atoms with van der Waals surface area (Å²) in [4.78, 5) is 90.3. The van der Waals surface area contributed by atoms with E-state index in [1.54, 1.807) is 90.7 Å². The molecule has 0 bridgehead atoms. The molecule has 8 heterocycles. The first kappa shape index (κ1) is 50.3. The van der Waals surface area contributed by atoms with Gasteiger partial charge in [-0.05, 0) is 164 Å². The van der Waals surface area contributed by atoms with Gasteiger partial charge in [0.2, 0.25) is 0 Å². The van der Waals surface area contributed by atoms with Gasteiger partial charge in [-0.2, -0.15) is 0 Å². The maximum atomic E-state index is 13.7. The van der Waals surface area contributed by atoms with E-state index in [1.165, 1.54) is 19.5 Å². The Balaban J connectivity index is 0.000000107. The van der Waals surface area contributed by atoms with Crippen molar-refractivity contribution in [2.75, 3.05) is 0 Å². The van der Waals surface area contributed by atoms with Gasteiger partial charge in [-0.1, -0.05) is 0 Å². The minimum absolute atomic E-state index is 0.0892. The molecule has 0 saturated carbocycles. The molecule has 0 spiro atoms. The summed E-state index contributed by atoms with van der Waals surface area (Å²) < 4.78 is 6.13. The summed E-state index contributed by atoms with van der Waals surface area (Å²) in [5.41, 5.74) is 4.41. The second-order valence-electron chi connectivity index (χ2n) is 21.3. The van der Waals surface area contributed by atoms with Gasteiger partial charge in [0.1, 0.15) is 0 Å². The number of aryl methyl sites for hydroxylation is 10. The number of fused-ring (bicyclic) bond motifs is 18. The van der Waals surface area contributed by atoms with E-state index in [1.807, 2.05) is 104 Å². The Labute approximate surface area is 486 Å². The molecular weight excluding hydrogens is 1150 g/mol. The Hall–Kier alpha value is -6.72. The highest BCUT2D eigenvalue weighted by Gasteiger charge is 2.28. The summed E-state index contributed by atoms with van der Waals surface area (Å²) >= 11 is 13.4. The molecule has 0 aliphatic heterocycles. The number of hydrogen-bond acceptors (Lipinski definition) is 14. The van der Waals surface area contributed by atoms with Gasteiger partial charge in [0.15, 0.2) is 32.6 Å². The van der Waals surface area contributed by atoms with Crippen molar-refractivity contribution in [2.45, 2.75) is 69.2 Å². The van der Waals surface area contributed by atoms with Crippen LogP contribution in [0.3, 0.4) is 0 Å². The highest BCUT2D eigenvalue weighted by molar-refractivity contribution is 7.28. The number of benzene rings is 3. The first-order valence-corrected chi connectivity index (χ1v) is 32.5. The van der Waals surface area contributed by atoms with E-state index in [2.05, 4.69) is 38.1 Å². The third kappa shape index (κ3) is 6.82. The van der Waals surface area contributed by atoms with Gasteiger partial charge in [-0.3, -0.25) is 28.8 Å². The van der Waals surface area contributed by atoms with Gasteiger partial charge in [0.05, 0.1) is 0 Å². The van der Waals surface area contributed by atoms with Crippen molar-refractivity contribution in [3.8, 4) is 19.5 Å². The molecule has 0 saturated heterocycles. The summed E-state index contributed by atoms with van der Waals surface area (Å²) in [6.45, 7) is 20.3. The molecule has 0 N–H and O–H groups in total. The van der Waals surface area contributed by atoms with Crippen molar-refractivity contribution in [2.24, 2.45) is 0 Å². The zero-order chi connectivity index (χ0) is 55.5. The molecule has 17 rings (SSSR count). The number of rotatable bonds is 2. The van der Waals surface area contributed by atoms with Crippen LogP contribution in [0.2, 0.25) is 0 Å². The first-order valence-electron chi connectivity index (χ1n) is 25.9. The fourth-order valence-electron chi connectivity index (χ4n) is 12.8. The van der Waals surface area contributed by atoms with Crippen LogP contribution in [0.1, 0.15) is 51.5 Å². The highest BCUT2D eigenvalue weighted by atomic mass is 32.1. The Morgan fingerprint density at radius 3 is 0.787 bits per heavy atom. The van der Waals surface area contributed by atoms with Crippen LogP contribution in [0, 0.1) is 69.2 Å². The van der Waals surface area contributed by atoms with E-state index >= 15 is 0 Å². The smallest absolute Gasteiger partial charge is 0.195 e. The van der Waals surface area contributed by atoms with Crippen LogP contribution in [-0.4, -0.2) is 0 Å². The molecule has 0 amide bonds.